The summed E-state index contributed by atoms with van der Waals surface area (Å²) < 4.78 is 0. The number of nitrogens with two attached hydrogens (primary N) is 2. The zero-order valence-electron chi connectivity index (χ0n) is 6.97. The number of hydrogen-bond acceptors (Lipinski definition) is 4. The molecule has 0 fully saturated rings. The highest BCUT2D eigenvalue weighted by molar-refractivity contribution is 5.76. The molecule has 0 aromatic carbocycles. The highest BCUT2D eigenvalue weighted by Gasteiger charge is 1.90. The molecule has 0 saturated heterocycles. The van der Waals surface area contributed by atoms with E-state index in [-0.39, 0.29) is 12.3 Å². The van der Waals surface area contributed by atoms with Gasteiger partial charge in [0, 0.05) is 6.42 Å². The summed E-state index contributed by atoms with van der Waals surface area (Å²) >= 11 is 0. The number of carbonyl (C=O) groups excluding carboxylic acids is 1. The Bertz CT molecular complexity index is 317. The van der Waals surface area contributed by atoms with Crippen molar-refractivity contribution in [3.8, 4) is 0 Å². The molecule has 0 atom stereocenters. The molecule has 0 saturated carbocycles. The molecule has 0 aliphatic carbocycles. The summed E-state index contributed by atoms with van der Waals surface area (Å²) in [5.74, 6) is -0.00768. The van der Waals surface area contributed by atoms with Crippen molar-refractivity contribution in [1.29, 1.82) is 0 Å². The van der Waals surface area contributed by atoms with Gasteiger partial charge >= 0.3 is 0 Å². The molecule has 0 unspecified atom stereocenters. The van der Waals surface area contributed by atoms with E-state index in [0.29, 0.717) is 11.5 Å². The number of nitrogens with zero attached hydrogens (tertiary/aromatic N) is 2. The average molecular weight is 178 g/mol. The second-order valence-electron chi connectivity index (χ2n) is 2.46. The van der Waals surface area contributed by atoms with Crippen molar-refractivity contribution in [3.05, 3.63) is 23.9 Å². The first kappa shape index (κ1) is 9.18. The molecular formula is C8H10N4O. The summed E-state index contributed by atoms with van der Waals surface area (Å²) in [6.45, 7) is 0. The number of anilines is 1. The minimum atomic E-state index is -0.375. The van der Waals surface area contributed by atoms with Crippen LogP contribution in [0.4, 0.5) is 5.82 Å². The maximum atomic E-state index is 10.4. The number of amides is 1. The number of hydrogen-bond donors (Lipinski definition) is 2. The van der Waals surface area contributed by atoms with Crippen molar-refractivity contribution in [2.45, 2.75) is 6.42 Å². The minimum absolute atomic E-state index is 0.200. The van der Waals surface area contributed by atoms with Gasteiger partial charge in [-0.15, -0.1) is 10.2 Å². The van der Waals surface area contributed by atoms with Gasteiger partial charge in [-0.1, -0.05) is 6.08 Å². The molecule has 4 N–H and O–H groups in total. The molecular weight excluding hydrogens is 168 g/mol. The van der Waals surface area contributed by atoms with Crippen LogP contribution in [0.3, 0.4) is 0 Å². The number of aromatic nitrogens is 2. The van der Waals surface area contributed by atoms with Crippen LogP contribution in [0.2, 0.25) is 0 Å². The number of carbonyl (C=O) groups is 1. The van der Waals surface area contributed by atoms with E-state index in [4.69, 9.17) is 11.5 Å². The van der Waals surface area contributed by atoms with E-state index in [9.17, 15) is 4.79 Å². The fourth-order valence-electron chi connectivity index (χ4n) is 0.738. The van der Waals surface area contributed by atoms with Crippen molar-refractivity contribution < 1.29 is 4.79 Å². The standard InChI is InChI=1S/C8H10N4O/c9-7-5-4-6(11-12-7)2-1-3-8(10)13/h1-2,4-5H,3H2,(H2,9,12)(H2,10,13). The SMILES string of the molecule is NC(=O)CC=Cc1ccc(N)nn1. The molecule has 68 valence electrons. The first-order chi connectivity index (χ1) is 6.18. The van der Waals surface area contributed by atoms with Crippen molar-refractivity contribution in [2.24, 2.45) is 5.73 Å². The second kappa shape index (κ2) is 4.20. The lowest BCUT2D eigenvalue weighted by Crippen LogP contribution is -2.07. The monoisotopic (exact) mass is 178 g/mol. The van der Waals surface area contributed by atoms with Gasteiger partial charge in [0.1, 0.15) is 5.82 Å². The zero-order chi connectivity index (χ0) is 9.68. The number of primary amides is 1. The first-order valence-corrected chi connectivity index (χ1v) is 3.72. The molecule has 0 aliphatic rings. The summed E-state index contributed by atoms with van der Waals surface area (Å²) in [5.41, 5.74) is 10.9. The lowest BCUT2D eigenvalue weighted by molar-refractivity contribution is -0.117. The van der Waals surface area contributed by atoms with E-state index in [0.717, 1.165) is 0 Å². The molecule has 0 spiro atoms. The third kappa shape index (κ3) is 3.33. The zero-order valence-corrected chi connectivity index (χ0v) is 6.97. The van der Waals surface area contributed by atoms with E-state index in [1.807, 2.05) is 0 Å². The molecule has 1 aromatic heterocycles. The third-order valence-corrected chi connectivity index (χ3v) is 1.31. The summed E-state index contributed by atoms with van der Waals surface area (Å²) in [7, 11) is 0. The van der Waals surface area contributed by atoms with E-state index < -0.39 is 0 Å². The second-order valence-corrected chi connectivity index (χ2v) is 2.46. The lowest BCUT2D eigenvalue weighted by Gasteiger charge is -1.91. The fourth-order valence-corrected chi connectivity index (χ4v) is 0.738. The minimum Gasteiger partial charge on any atom is -0.382 e. The van der Waals surface area contributed by atoms with Crippen LogP contribution in [0.1, 0.15) is 12.1 Å². The van der Waals surface area contributed by atoms with Gasteiger partial charge in [-0.3, -0.25) is 4.79 Å². The van der Waals surface area contributed by atoms with Gasteiger partial charge in [0.05, 0.1) is 5.69 Å². The average Bonchev–Trinajstić information content (AvgIpc) is 2.08. The van der Waals surface area contributed by atoms with E-state index in [1.165, 1.54) is 0 Å². The summed E-state index contributed by atoms with van der Waals surface area (Å²) in [6, 6.07) is 3.34. The molecule has 1 amide bonds. The molecule has 0 aliphatic heterocycles. The van der Waals surface area contributed by atoms with Crippen molar-refractivity contribution in [1.82, 2.24) is 10.2 Å². The van der Waals surface area contributed by atoms with Gasteiger partial charge in [-0.25, -0.2) is 0 Å². The van der Waals surface area contributed by atoms with Crippen molar-refractivity contribution in [2.75, 3.05) is 5.73 Å². The Kier molecular flexibility index (Phi) is 2.97. The molecule has 5 nitrogen and oxygen atoms in total. The number of rotatable bonds is 3. The van der Waals surface area contributed by atoms with Crippen molar-refractivity contribution in [3.63, 3.8) is 0 Å². The predicted octanol–water partition coefficient (Wildman–Crippen LogP) is -0.0526. The summed E-state index contributed by atoms with van der Waals surface area (Å²) in [4.78, 5) is 10.4. The van der Waals surface area contributed by atoms with Crippen LogP contribution in [0, 0.1) is 0 Å². The number of nitrogen functional groups attached to an aromatic ring is 1. The van der Waals surface area contributed by atoms with E-state index in [2.05, 4.69) is 10.2 Å². The van der Waals surface area contributed by atoms with Crippen LogP contribution < -0.4 is 11.5 Å². The van der Waals surface area contributed by atoms with Crippen LogP contribution in [-0.2, 0) is 4.79 Å². The topological polar surface area (TPSA) is 94.9 Å². The Balaban J connectivity index is 2.59. The smallest absolute Gasteiger partial charge is 0.221 e. The summed E-state index contributed by atoms with van der Waals surface area (Å²) in [5, 5.41) is 7.40. The maximum Gasteiger partial charge on any atom is 0.221 e. The van der Waals surface area contributed by atoms with Gasteiger partial charge in [0.25, 0.3) is 0 Å². The fraction of sp³-hybridized carbons (Fsp3) is 0.125. The van der Waals surface area contributed by atoms with Crippen LogP contribution >= 0.6 is 0 Å². The van der Waals surface area contributed by atoms with Gasteiger partial charge in [-0.2, -0.15) is 0 Å². The molecule has 5 heteroatoms. The van der Waals surface area contributed by atoms with Crippen LogP contribution in [0.15, 0.2) is 18.2 Å². The third-order valence-electron chi connectivity index (χ3n) is 1.31. The van der Waals surface area contributed by atoms with Gasteiger partial charge in [0.15, 0.2) is 0 Å². The summed E-state index contributed by atoms with van der Waals surface area (Å²) in [6.07, 6.45) is 3.49. The predicted molar refractivity (Wildman–Crippen MR) is 49.3 cm³/mol. The Labute approximate surface area is 75.5 Å². The Morgan fingerprint density at radius 3 is 2.77 bits per heavy atom. The highest BCUT2D eigenvalue weighted by Crippen LogP contribution is 1.99. The largest absolute Gasteiger partial charge is 0.382 e. The van der Waals surface area contributed by atoms with Gasteiger partial charge < -0.3 is 11.5 Å². The van der Waals surface area contributed by atoms with Crippen LogP contribution in [-0.4, -0.2) is 16.1 Å². The van der Waals surface area contributed by atoms with Crippen molar-refractivity contribution >= 4 is 17.8 Å². The molecule has 1 aromatic rings. The normalized spacial score (nSPS) is 10.5. The first-order valence-electron chi connectivity index (χ1n) is 3.72. The Morgan fingerprint density at radius 2 is 2.23 bits per heavy atom. The molecule has 13 heavy (non-hydrogen) atoms. The van der Waals surface area contributed by atoms with E-state index in [1.54, 1.807) is 24.3 Å². The van der Waals surface area contributed by atoms with E-state index >= 15 is 0 Å². The van der Waals surface area contributed by atoms with Crippen LogP contribution in [0.25, 0.3) is 6.08 Å². The quantitative estimate of drug-likeness (QED) is 0.678. The highest BCUT2D eigenvalue weighted by atomic mass is 16.1. The lowest BCUT2D eigenvalue weighted by atomic mass is 10.3. The van der Waals surface area contributed by atoms with Gasteiger partial charge in [-0.05, 0) is 18.2 Å². The molecule has 0 bridgehead atoms. The Morgan fingerprint density at radius 1 is 1.46 bits per heavy atom. The maximum absolute atomic E-state index is 10.4. The van der Waals surface area contributed by atoms with Crippen LogP contribution in [0.5, 0.6) is 0 Å². The molecule has 1 heterocycles. The molecule has 0 radical (unpaired) electrons. The Hall–Kier alpha value is -1.91. The molecule has 1 rings (SSSR count). The van der Waals surface area contributed by atoms with Gasteiger partial charge in [0.2, 0.25) is 5.91 Å².